The van der Waals surface area contributed by atoms with Crippen LogP contribution in [0.2, 0.25) is 0 Å². The normalized spacial score (nSPS) is 21.2. The van der Waals surface area contributed by atoms with Gasteiger partial charge in [0.05, 0.1) is 24.9 Å². The van der Waals surface area contributed by atoms with Gasteiger partial charge in [-0.15, -0.1) is 0 Å². The maximum Gasteiger partial charge on any atom is 0.319 e. The second-order valence-corrected chi connectivity index (χ2v) is 8.64. The third kappa shape index (κ3) is 4.36. The van der Waals surface area contributed by atoms with Crippen molar-refractivity contribution >= 4 is 17.5 Å². The molecule has 2 aromatic rings. The molecule has 3 N–H and O–H groups in total. The molecule has 5 rings (SSSR count). The van der Waals surface area contributed by atoms with Gasteiger partial charge >= 0.3 is 6.03 Å². The fourth-order valence-electron chi connectivity index (χ4n) is 4.34. The molecule has 2 amide bonds. The van der Waals surface area contributed by atoms with Crippen LogP contribution in [-0.2, 0) is 17.7 Å². The maximum atomic E-state index is 12.1. The van der Waals surface area contributed by atoms with E-state index in [2.05, 4.69) is 27.8 Å². The summed E-state index contributed by atoms with van der Waals surface area (Å²) in [7, 11) is 0. The summed E-state index contributed by atoms with van der Waals surface area (Å²) in [6.07, 6.45) is 4.24. The van der Waals surface area contributed by atoms with Crippen LogP contribution in [0.15, 0.2) is 24.3 Å². The molecule has 1 aromatic heterocycles. The van der Waals surface area contributed by atoms with Crippen molar-refractivity contribution in [1.82, 2.24) is 20.6 Å². The Balaban J connectivity index is 1.39. The van der Waals surface area contributed by atoms with Gasteiger partial charge in [0.25, 0.3) is 0 Å². The molecule has 0 bridgehead atoms. The Kier molecular flexibility index (Phi) is 5.74. The lowest BCUT2D eigenvalue weighted by Gasteiger charge is -2.36. The zero-order valence-corrected chi connectivity index (χ0v) is 18.0. The molecule has 3 aliphatic rings. The van der Waals surface area contributed by atoms with Gasteiger partial charge in [0.2, 0.25) is 0 Å². The molecule has 0 unspecified atom stereocenters. The molecule has 1 saturated heterocycles. The van der Waals surface area contributed by atoms with Crippen LogP contribution >= 0.6 is 0 Å². The van der Waals surface area contributed by atoms with Crippen molar-refractivity contribution in [2.75, 3.05) is 36.5 Å². The fraction of sp³-hybridized carbons (Fsp3) is 0.522. The molecule has 2 fully saturated rings. The third-order valence-electron chi connectivity index (χ3n) is 6.39. The largest absolute Gasteiger partial charge is 0.377 e. The van der Waals surface area contributed by atoms with Crippen LogP contribution in [0.3, 0.4) is 0 Å². The van der Waals surface area contributed by atoms with E-state index in [-0.39, 0.29) is 12.1 Å². The molecule has 8 nitrogen and oxygen atoms in total. The van der Waals surface area contributed by atoms with Gasteiger partial charge in [-0.3, -0.25) is 0 Å². The number of hydrogen-bond acceptors (Lipinski definition) is 6. The van der Waals surface area contributed by atoms with E-state index >= 15 is 0 Å². The molecule has 8 heteroatoms. The first-order valence-electron chi connectivity index (χ1n) is 11.3. The molecule has 1 saturated carbocycles. The molecule has 1 aliphatic carbocycles. The lowest BCUT2D eigenvalue weighted by Crippen LogP contribution is -2.45. The van der Waals surface area contributed by atoms with E-state index in [9.17, 15) is 4.79 Å². The number of amides is 2. The molecule has 1 atom stereocenters. The molecule has 164 valence electrons. The maximum absolute atomic E-state index is 12.1. The Morgan fingerprint density at radius 1 is 1.23 bits per heavy atom. The van der Waals surface area contributed by atoms with Crippen molar-refractivity contribution in [1.29, 1.82) is 0 Å². The van der Waals surface area contributed by atoms with Crippen LogP contribution in [0, 0.1) is 0 Å². The molecule has 0 spiro atoms. The number of carbonyl (C=O) groups excluding carboxylic acids is 1. The Bertz CT molecular complexity index is 944. The second-order valence-electron chi connectivity index (χ2n) is 8.64. The molecular weight excluding hydrogens is 392 g/mol. The highest BCUT2D eigenvalue weighted by molar-refractivity contribution is 5.89. The SMILES string of the molecule is C[C@H]1COCCN1c1nc(-c2ccc(NC(=O)NC3CCC3)cc2)nc2c1CNCC2. The number of ether oxygens (including phenoxy) is 1. The van der Waals surface area contributed by atoms with Crippen molar-refractivity contribution in [2.45, 2.75) is 51.2 Å². The number of carbonyl (C=O) groups is 1. The number of nitrogens with zero attached hydrogens (tertiary/aromatic N) is 3. The summed E-state index contributed by atoms with van der Waals surface area (Å²) in [5.74, 6) is 1.75. The zero-order chi connectivity index (χ0) is 21.2. The third-order valence-corrected chi connectivity index (χ3v) is 6.39. The highest BCUT2D eigenvalue weighted by atomic mass is 16.5. The number of rotatable bonds is 4. The number of anilines is 2. The second kappa shape index (κ2) is 8.80. The van der Waals surface area contributed by atoms with Gasteiger partial charge in [-0.05, 0) is 50.5 Å². The van der Waals surface area contributed by atoms with E-state index in [4.69, 9.17) is 14.7 Å². The van der Waals surface area contributed by atoms with Crippen LogP contribution in [0.1, 0.15) is 37.4 Å². The van der Waals surface area contributed by atoms with E-state index in [1.165, 1.54) is 12.0 Å². The van der Waals surface area contributed by atoms with Crippen molar-refractivity contribution in [2.24, 2.45) is 0 Å². The van der Waals surface area contributed by atoms with Crippen LogP contribution in [0.4, 0.5) is 16.3 Å². The Morgan fingerprint density at radius 3 is 2.81 bits per heavy atom. The summed E-state index contributed by atoms with van der Waals surface area (Å²) in [6, 6.07) is 8.25. The summed E-state index contributed by atoms with van der Waals surface area (Å²) >= 11 is 0. The van der Waals surface area contributed by atoms with Crippen molar-refractivity contribution in [3.05, 3.63) is 35.5 Å². The van der Waals surface area contributed by atoms with E-state index in [1.54, 1.807) is 0 Å². The minimum atomic E-state index is -0.140. The van der Waals surface area contributed by atoms with E-state index in [0.717, 1.165) is 74.1 Å². The first-order valence-corrected chi connectivity index (χ1v) is 11.3. The Morgan fingerprint density at radius 2 is 2.06 bits per heavy atom. The number of urea groups is 1. The zero-order valence-electron chi connectivity index (χ0n) is 18.0. The van der Waals surface area contributed by atoms with Crippen LogP contribution in [0.25, 0.3) is 11.4 Å². The molecule has 1 aromatic carbocycles. The highest BCUT2D eigenvalue weighted by Gasteiger charge is 2.27. The van der Waals surface area contributed by atoms with Gasteiger partial charge in [0.15, 0.2) is 5.82 Å². The molecule has 0 radical (unpaired) electrons. The predicted molar refractivity (Wildman–Crippen MR) is 120 cm³/mol. The molecule has 31 heavy (non-hydrogen) atoms. The van der Waals surface area contributed by atoms with Crippen LogP contribution < -0.4 is 20.9 Å². The molecular formula is C23H30N6O2. The lowest BCUT2D eigenvalue weighted by molar-refractivity contribution is 0.0984. The average Bonchev–Trinajstić information content (AvgIpc) is 2.76. The number of hydrogen-bond donors (Lipinski definition) is 3. The van der Waals surface area contributed by atoms with Gasteiger partial charge in [-0.1, -0.05) is 0 Å². The summed E-state index contributed by atoms with van der Waals surface area (Å²) in [5.41, 5.74) is 4.05. The number of fused-ring (bicyclic) bond motifs is 1. The average molecular weight is 423 g/mol. The molecule has 3 heterocycles. The van der Waals surface area contributed by atoms with Crippen molar-refractivity contribution < 1.29 is 9.53 Å². The van der Waals surface area contributed by atoms with Crippen molar-refractivity contribution in [3.8, 4) is 11.4 Å². The number of aromatic nitrogens is 2. The van der Waals surface area contributed by atoms with E-state index in [0.29, 0.717) is 12.6 Å². The lowest BCUT2D eigenvalue weighted by atomic mass is 9.93. The van der Waals surface area contributed by atoms with Gasteiger partial charge in [0, 0.05) is 48.9 Å². The van der Waals surface area contributed by atoms with Crippen LogP contribution in [-0.4, -0.2) is 54.4 Å². The Hall–Kier alpha value is -2.71. The summed E-state index contributed by atoms with van der Waals surface area (Å²) in [4.78, 5) is 24.4. The van der Waals surface area contributed by atoms with Gasteiger partial charge in [-0.25, -0.2) is 14.8 Å². The number of nitrogens with one attached hydrogen (secondary N) is 3. The summed E-state index contributed by atoms with van der Waals surface area (Å²) < 4.78 is 5.63. The van der Waals surface area contributed by atoms with Gasteiger partial charge in [0.1, 0.15) is 5.82 Å². The topological polar surface area (TPSA) is 91.4 Å². The summed E-state index contributed by atoms with van der Waals surface area (Å²) in [5, 5.41) is 9.37. The smallest absolute Gasteiger partial charge is 0.319 e. The molecule has 2 aliphatic heterocycles. The quantitative estimate of drug-likeness (QED) is 0.702. The van der Waals surface area contributed by atoms with E-state index in [1.807, 2.05) is 24.3 Å². The first kappa shape index (κ1) is 20.2. The highest BCUT2D eigenvalue weighted by Crippen LogP contribution is 2.30. The standard InChI is InChI=1S/C23H30N6O2/c1-15-14-31-12-11-29(15)22-19-13-24-10-9-20(19)27-21(28-22)16-5-7-18(8-6-16)26-23(30)25-17-3-2-4-17/h5-8,15,17,24H,2-4,9-14H2,1H3,(H2,25,26,30)/t15-/m0/s1. The minimum Gasteiger partial charge on any atom is -0.377 e. The Labute approximate surface area is 182 Å². The monoisotopic (exact) mass is 422 g/mol. The van der Waals surface area contributed by atoms with Gasteiger partial charge < -0.3 is 25.6 Å². The minimum absolute atomic E-state index is 0.140. The van der Waals surface area contributed by atoms with Crippen LogP contribution in [0.5, 0.6) is 0 Å². The van der Waals surface area contributed by atoms with Gasteiger partial charge in [-0.2, -0.15) is 0 Å². The summed E-state index contributed by atoms with van der Waals surface area (Å²) in [6.45, 7) is 6.18. The number of benzene rings is 1. The first-order chi connectivity index (χ1) is 15.2. The van der Waals surface area contributed by atoms with E-state index < -0.39 is 0 Å². The van der Waals surface area contributed by atoms with Crippen molar-refractivity contribution in [3.63, 3.8) is 0 Å². The fourth-order valence-corrected chi connectivity index (χ4v) is 4.34. The predicted octanol–water partition coefficient (Wildman–Crippen LogP) is 2.69. The number of morpholine rings is 1.